The van der Waals surface area contributed by atoms with Gasteiger partial charge in [-0.3, -0.25) is 0 Å². The van der Waals surface area contributed by atoms with Crippen LogP contribution in [0.1, 0.15) is 0 Å². The average Bonchev–Trinajstić information content (AvgIpc) is 2.84. The summed E-state index contributed by atoms with van der Waals surface area (Å²) < 4.78 is 1.01. The number of imidazole rings is 1. The number of hydrogen-bond acceptors (Lipinski definition) is 6. The van der Waals surface area contributed by atoms with E-state index in [1.165, 1.54) is 23.1 Å². The smallest absolute Gasteiger partial charge is 0.181 e. The number of hydrogen-bond donors (Lipinski definition) is 3. The molecular weight excluding hydrogens is 254 g/mol. The van der Waals surface area contributed by atoms with Crippen LogP contribution in [0.25, 0.3) is 11.0 Å². The summed E-state index contributed by atoms with van der Waals surface area (Å²) in [6, 6.07) is 5.61. The largest absolute Gasteiger partial charge is 0.399 e. The third-order valence-corrected chi connectivity index (χ3v) is 4.00. The van der Waals surface area contributed by atoms with E-state index in [4.69, 9.17) is 11.5 Å². The summed E-state index contributed by atoms with van der Waals surface area (Å²) in [6.45, 7) is 0. The summed E-state index contributed by atoms with van der Waals surface area (Å²) in [7, 11) is 0. The first-order chi connectivity index (χ1) is 8.20. The Labute approximate surface area is 105 Å². The van der Waals surface area contributed by atoms with E-state index >= 15 is 0 Å². The van der Waals surface area contributed by atoms with Gasteiger partial charge in [-0.25, -0.2) is 9.97 Å². The molecule has 2 aromatic heterocycles. The van der Waals surface area contributed by atoms with Crippen LogP contribution in [-0.2, 0) is 0 Å². The predicted molar refractivity (Wildman–Crippen MR) is 71.2 cm³/mol. The molecule has 17 heavy (non-hydrogen) atoms. The lowest BCUT2D eigenvalue weighted by Gasteiger charge is -1.89. The van der Waals surface area contributed by atoms with Crippen LogP contribution >= 0.6 is 23.1 Å². The summed E-state index contributed by atoms with van der Waals surface area (Å²) >= 11 is 2.95. The minimum Gasteiger partial charge on any atom is -0.399 e. The quantitative estimate of drug-likeness (QED) is 0.617. The molecular formula is C10H9N5S2. The molecule has 3 rings (SSSR count). The van der Waals surface area contributed by atoms with Crippen molar-refractivity contribution < 1.29 is 0 Å². The average molecular weight is 263 g/mol. The van der Waals surface area contributed by atoms with Crippen LogP contribution in [0.5, 0.6) is 0 Å². The molecule has 5 nitrogen and oxygen atoms in total. The second-order valence-electron chi connectivity index (χ2n) is 3.44. The van der Waals surface area contributed by atoms with Crippen molar-refractivity contribution in [3.63, 3.8) is 0 Å². The van der Waals surface area contributed by atoms with E-state index in [0.717, 1.165) is 20.4 Å². The molecule has 0 aliphatic rings. The number of nitrogens with one attached hydrogen (secondary N) is 1. The third kappa shape index (κ3) is 2.06. The first kappa shape index (κ1) is 10.4. The van der Waals surface area contributed by atoms with Gasteiger partial charge in [0.15, 0.2) is 10.3 Å². The Bertz CT molecular complexity index is 672. The molecule has 86 valence electrons. The molecule has 0 unspecified atom stereocenters. The zero-order valence-corrected chi connectivity index (χ0v) is 10.3. The molecule has 0 saturated carbocycles. The monoisotopic (exact) mass is 263 g/mol. The number of H-pyrrole nitrogens is 1. The fraction of sp³-hybridized carbons (Fsp3) is 0. The number of fused-ring (bicyclic) bond motifs is 1. The Kier molecular flexibility index (Phi) is 2.41. The maximum Gasteiger partial charge on any atom is 0.181 e. The summed E-state index contributed by atoms with van der Waals surface area (Å²) in [4.78, 5) is 11.7. The van der Waals surface area contributed by atoms with Crippen molar-refractivity contribution in [3.8, 4) is 0 Å². The molecule has 0 aliphatic heterocycles. The van der Waals surface area contributed by atoms with Gasteiger partial charge >= 0.3 is 0 Å². The number of aromatic nitrogens is 3. The van der Waals surface area contributed by atoms with Crippen molar-refractivity contribution in [3.05, 3.63) is 24.4 Å². The van der Waals surface area contributed by atoms with Crippen molar-refractivity contribution in [2.75, 3.05) is 11.5 Å². The number of nitrogens with two attached hydrogens (primary N) is 2. The molecule has 2 heterocycles. The van der Waals surface area contributed by atoms with Crippen LogP contribution in [0, 0.1) is 0 Å². The van der Waals surface area contributed by atoms with E-state index in [2.05, 4.69) is 15.0 Å². The maximum absolute atomic E-state index is 5.70. The maximum atomic E-state index is 5.70. The lowest BCUT2D eigenvalue weighted by molar-refractivity contribution is 1.08. The normalized spacial score (nSPS) is 11.1. The van der Waals surface area contributed by atoms with Gasteiger partial charge in [-0.15, -0.1) is 0 Å². The first-order valence-corrected chi connectivity index (χ1v) is 6.48. The first-order valence-electron chi connectivity index (χ1n) is 4.85. The van der Waals surface area contributed by atoms with E-state index in [1.807, 2.05) is 18.2 Å². The number of anilines is 2. The number of nitrogen functional groups attached to an aromatic ring is 2. The highest BCUT2D eigenvalue weighted by atomic mass is 32.2. The van der Waals surface area contributed by atoms with Crippen molar-refractivity contribution in [2.45, 2.75) is 9.37 Å². The van der Waals surface area contributed by atoms with Gasteiger partial charge in [0, 0.05) is 5.69 Å². The minimum absolute atomic E-state index is 0.563. The van der Waals surface area contributed by atoms with Crippen LogP contribution in [0.2, 0.25) is 0 Å². The summed E-state index contributed by atoms with van der Waals surface area (Å²) in [5.74, 6) is 0. The number of aromatic amines is 1. The number of thiazole rings is 1. The standard InChI is InChI=1S/C10H9N5S2/c11-5-1-2-6-7(3-5)15-10(14-6)17-8-4-13-9(12)16-8/h1-4H,11H2,(H2,12,13)(H,14,15). The summed E-state index contributed by atoms with van der Waals surface area (Å²) in [5, 5.41) is 1.38. The van der Waals surface area contributed by atoms with Gasteiger partial charge < -0.3 is 16.5 Å². The Morgan fingerprint density at radius 2 is 2.18 bits per heavy atom. The molecule has 0 spiro atoms. The molecule has 7 heteroatoms. The Hall–Kier alpha value is -1.73. The summed E-state index contributed by atoms with van der Waals surface area (Å²) in [5.41, 5.74) is 13.8. The van der Waals surface area contributed by atoms with Crippen LogP contribution in [0.3, 0.4) is 0 Å². The van der Waals surface area contributed by atoms with Crippen molar-refractivity contribution in [2.24, 2.45) is 0 Å². The predicted octanol–water partition coefficient (Wildman–Crippen LogP) is 2.33. The zero-order chi connectivity index (χ0) is 11.8. The molecule has 0 saturated heterocycles. The molecule has 0 fully saturated rings. The second kappa shape index (κ2) is 3.94. The van der Waals surface area contributed by atoms with Crippen molar-refractivity contribution in [1.29, 1.82) is 0 Å². The highest BCUT2D eigenvalue weighted by Crippen LogP contribution is 2.32. The number of nitrogens with zero attached hydrogens (tertiary/aromatic N) is 2. The SMILES string of the molecule is Nc1ccc2[nH]c(Sc3cnc(N)s3)nc2c1. The van der Waals surface area contributed by atoms with Crippen molar-refractivity contribution in [1.82, 2.24) is 15.0 Å². The molecule has 0 amide bonds. The second-order valence-corrected chi connectivity index (χ2v) is 5.79. The third-order valence-electron chi connectivity index (χ3n) is 2.19. The number of rotatable bonds is 2. The molecule has 0 aliphatic carbocycles. The van der Waals surface area contributed by atoms with Crippen LogP contribution in [-0.4, -0.2) is 15.0 Å². The van der Waals surface area contributed by atoms with Gasteiger partial charge in [-0.1, -0.05) is 11.3 Å². The lowest BCUT2D eigenvalue weighted by Crippen LogP contribution is -1.82. The Balaban J connectivity index is 1.95. The zero-order valence-electron chi connectivity index (χ0n) is 8.68. The van der Waals surface area contributed by atoms with E-state index < -0.39 is 0 Å². The minimum atomic E-state index is 0.563. The van der Waals surface area contributed by atoms with Crippen molar-refractivity contribution >= 4 is 45.0 Å². The van der Waals surface area contributed by atoms with Gasteiger partial charge in [0.05, 0.1) is 21.4 Å². The van der Waals surface area contributed by atoms with Gasteiger partial charge in [0.1, 0.15) is 0 Å². The van der Waals surface area contributed by atoms with Crippen LogP contribution in [0.4, 0.5) is 10.8 Å². The molecule has 3 aromatic rings. The highest BCUT2D eigenvalue weighted by molar-refractivity contribution is 8.01. The molecule has 5 N–H and O–H groups in total. The molecule has 1 aromatic carbocycles. The lowest BCUT2D eigenvalue weighted by atomic mass is 10.3. The van der Waals surface area contributed by atoms with Crippen LogP contribution in [0.15, 0.2) is 33.8 Å². The fourth-order valence-electron chi connectivity index (χ4n) is 1.46. The molecule has 0 atom stereocenters. The molecule has 0 radical (unpaired) electrons. The van der Waals surface area contributed by atoms with Gasteiger partial charge in [0.25, 0.3) is 0 Å². The van der Waals surface area contributed by atoms with Gasteiger partial charge in [-0.2, -0.15) is 0 Å². The van der Waals surface area contributed by atoms with E-state index in [1.54, 1.807) is 6.20 Å². The fourth-order valence-corrected chi connectivity index (χ4v) is 3.14. The topological polar surface area (TPSA) is 93.6 Å². The summed E-state index contributed by atoms with van der Waals surface area (Å²) in [6.07, 6.45) is 1.74. The number of benzene rings is 1. The van der Waals surface area contributed by atoms with E-state index in [9.17, 15) is 0 Å². The Morgan fingerprint density at radius 3 is 2.94 bits per heavy atom. The van der Waals surface area contributed by atoms with Crippen LogP contribution < -0.4 is 11.5 Å². The highest BCUT2D eigenvalue weighted by Gasteiger charge is 2.07. The Morgan fingerprint density at radius 1 is 1.29 bits per heavy atom. The van der Waals surface area contributed by atoms with Gasteiger partial charge in [0.2, 0.25) is 0 Å². The molecule has 0 bridgehead atoms. The van der Waals surface area contributed by atoms with Gasteiger partial charge in [-0.05, 0) is 30.0 Å². The van der Waals surface area contributed by atoms with E-state index in [0.29, 0.717) is 10.8 Å². The van der Waals surface area contributed by atoms with E-state index in [-0.39, 0.29) is 0 Å².